The maximum atomic E-state index is 11.5. The van der Waals surface area contributed by atoms with Gasteiger partial charge in [0.15, 0.2) is 0 Å². The first-order valence-electron chi connectivity index (χ1n) is 3.67. The molecule has 0 fully saturated rings. The molecule has 0 N–H and O–H groups in total. The van der Waals surface area contributed by atoms with Crippen molar-refractivity contribution in [2.24, 2.45) is 0 Å². The first-order chi connectivity index (χ1) is 5.68. The van der Waals surface area contributed by atoms with Gasteiger partial charge in [-0.3, -0.25) is 9.48 Å². The molecule has 1 aromatic rings. The van der Waals surface area contributed by atoms with Gasteiger partial charge in [0, 0.05) is 19.7 Å². The highest BCUT2D eigenvalue weighted by Crippen LogP contribution is 2.15. The number of carbonyl (C=O) groups is 1. The third-order valence-electron chi connectivity index (χ3n) is 1.96. The highest BCUT2D eigenvalue weighted by Gasteiger charge is 2.22. The van der Waals surface area contributed by atoms with E-state index in [1.54, 1.807) is 22.7 Å². The SMILES string of the molecule is CN1CCn2nc(Br)cc2C1=O. The van der Waals surface area contributed by atoms with Gasteiger partial charge in [-0.2, -0.15) is 5.10 Å². The summed E-state index contributed by atoms with van der Waals surface area (Å²) in [5.41, 5.74) is 0.663. The summed E-state index contributed by atoms with van der Waals surface area (Å²) in [6, 6.07) is 1.75. The van der Waals surface area contributed by atoms with E-state index in [9.17, 15) is 4.79 Å². The second-order valence-corrected chi connectivity index (χ2v) is 3.61. The van der Waals surface area contributed by atoms with E-state index >= 15 is 0 Å². The van der Waals surface area contributed by atoms with Gasteiger partial charge >= 0.3 is 0 Å². The maximum absolute atomic E-state index is 11.5. The molecule has 1 aromatic heterocycles. The summed E-state index contributed by atoms with van der Waals surface area (Å²) in [5, 5.41) is 4.12. The minimum absolute atomic E-state index is 0.0412. The zero-order chi connectivity index (χ0) is 8.72. The summed E-state index contributed by atoms with van der Waals surface area (Å²) >= 11 is 3.24. The third-order valence-corrected chi connectivity index (χ3v) is 2.35. The molecule has 2 rings (SSSR count). The molecule has 1 aliphatic rings. The predicted octanol–water partition coefficient (Wildman–Crippen LogP) is 0.731. The van der Waals surface area contributed by atoms with Crippen LogP contribution in [-0.2, 0) is 6.54 Å². The Bertz CT molecular complexity index is 333. The molecule has 0 bridgehead atoms. The van der Waals surface area contributed by atoms with Crippen LogP contribution in [0.3, 0.4) is 0 Å². The van der Waals surface area contributed by atoms with Gasteiger partial charge in [0.2, 0.25) is 0 Å². The van der Waals surface area contributed by atoms with Crippen molar-refractivity contribution >= 4 is 21.8 Å². The summed E-state index contributed by atoms with van der Waals surface area (Å²) in [5.74, 6) is 0.0412. The van der Waals surface area contributed by atoms with Crippen LogP contribution in [0, 0.1) is 0 Å². The average molecular weight is 230 g/mol. The molecule has 12 heavy (non-hydrogen) atoms. The average Bonchev–Trinajstić information content (AvgIpc) is 2.39. The van der Waals surface area contributed by atoms with Crippen molar-refractivity contribution < 1.29 is 4.79 Å². The van der Waals surface area contributed by atoms with E-state index in [0.717, 1.165) is 17.7 Å². The van der Waals surface area contributed by atoms with Gasteiger partial charge in [0.1, 0.15) is 10.3 Å². The lowest BCUT2D eigenvalue weighted by atomic mass is 10.3. The third kappa shape index (κ3) is 1.04. The standard InChI is InChI=1S/C7H8BrN3O/c1-10-2-3-11-5(7(10)12)4-6(8)9-11/h4H,2-3H2,1H3. The van der Waals surface area contributed by atoms with Crippen LogP contribution >= 0.6 is 15.9 Å². The largest absolute Gasteiger partial charge is 0.339 e. The minimum Gasteiger partial charge on any atom is -0.339 e. The minimum atomic E-state index is 0.0412. The topological polar surface area (TPSA) is 38.1 Å². The van der Waals surface area contributed by atoms with Crippen LogP contribution in [0.25, 0.3) is 0 Å². The first-order valence-corrected chi connectivity index (χ1v) is 4.46. The number of aromatic nitrogens is 2. The molecular weight excluding hydrogens is 222 g/mol. The Kier molecular flexibility index (Phi) is 1.68. The van der Waals surface area contributed by atoms with Gasteiger partial charge in [0.25, 0.3) is 5.91 Å². The summed E-state index contributed by atoms with van der Waals surface area (Å²) in [6.45, 7) is 1.52. The van der Waals surface area contributed by atoms with Crippen LogP contribution < -0.4 is 0 Å². The van der Waals surface area contributed by atoms with Crippen LogP contribution in [-0.4, -0.2) is 34.2 Å². The number of rotatable bonds is 0. The van der Waals surface area contributed by atoms with Gasteiger partial charge in [-0.1, -0.05) is 0 Å². The van der Waals surface area contributed by atoms with Crippen molar-refractivity contribution in [3.63, 3.8) is 0 Å². The van der Waals surface area contributed by atoms with Gasteiger partial charge in [-0.05, 0) is 15.9 Å². The number of likely N-dealkylation sites (N-methyl/N-ethyl adjacent to an activating group) is 1. The predicted molar refractivity (Wildman–Crippen MR) is 46.9 cm³/mol. The Hall–Kier alpha value is -0.840. The molecule has 0 aliphatic carbocycles. The molecular formula is C7H8BrN3O. The van der Waals surface area contributed by atoms with Gasteiger partial charge in [-0.25, -0.2) is 0 Å². The Labute approximate surface area is 78.3 Å². The summed E-state index contributed by atoms with van der Waals surface area (Å²) < 4.78 is 2.45. The molecule has 5 heteroatoms. The normalized spacial score (nSPS) is 16.5. The lowest BCUT2D eigenvalue weighted by Crippen LogP contribution is -2.37. The van der Waals surface area contributed by atoms with Crippen molar-refractivity contribution in [2.45, 2.75) is 6.54 Å². The molecule has 0 saturated heterocycles. The van der Waals surface area contributed by atoms with Crippen LogP contribution in [0.1, 0.15) is 10.5 Å². The van der Waals surface area contributed by atoms with Crippen LogP contribution in [0.4, 0.5) is 0 Å². The van der Waals surface area contributed by atoms with Crippen molar-refractivity contribution in [3.05, 3.63) is 16.4 Å². The van der Waals surface area contributed by atoms with Crippen molar-refractivity contribution in [2.75, 3.05) is 13.6 Å². The molecule has 1 aliphatic heterocycles. The molecule has 1 amide bonds. The van der Waals surface area contributed by atoms with Gasteiger partial charge in [-0.15, -0.1) is 0 Å². The van der Waals surface area contributed by atoms with Crippen LogP contribution in [0.2, 0.25) is 0 Å². The molecule has 0 unspecified atom stereocenters. The van der Waals surface area contributed by atoms with Gasteiger partial charge in [0.05, 0.1) is 6.54 Å². The monoisotopic (exact) mass is 229 g/mol. The molecule has 2 heterocycles. The summed E-state index contributed by atoms with van der Waals surface area (Å²) in [7, 11) is 1.80. The second kappa shape index (κ2) is 2.58. The van der Waals surface area contributed by atoms with Gasteiger partial charge < -0.3 is 4.90 Å². The Morgan fingerprint density at radius 2 is 2.33 bits per heavy atom. The number of halogens is 1. The molecule has 0 radical (unpaired) electrons. The number of nitrogens with zero attached hydrogens (tertiary/aromatic N) is 3. The number of fused-ring (bicyclic) bond motifs is 1. The maximum Gasteiger partial charge on any atom is 0.271 e. The second-order valence-electron chi connectivity index (χ2n) is 2.80. The highest BCUT2D eigenvalue weighted by atomic mass is 79.9. The highest BCUT2D eigenvalue weighted by molar-refractivity contribution is 9.10. The summed E-state index contributed by atoms with van der Waals surface area (Å²) in [6.07, 6.45) is 0. The first kappa shape index (κ1) is 7.79. The molecule has 0 aromatic carbocycles. The quantitative estimate of drug-likeness (QED) is 0.659. The molecule has 0 saturated carbocycles. The fourth-order valence-corrected chi connectivity index (χ4v) is 1.68. The fourth-order valence-electron chi connectivity index (χ4n) is 1.27. The number of carbonyl (C=O) groups excluding carboxylic acids is 1. The summed E-state index contributed by atoms with van der Waals surface area (Å²) in [4.78, 5) is 13.2. The van der Waals surface area contributed by atoms with Crippen molar-refractivity contribution in [3.8, 4) is 0 Å². The zero-order valence-corrected chi connectivity index (χ0v) is 8.21. The van der Waals surface area contributed by atoms with Crippen molar-refractivity contribution in [1.29, 1.82) is 0 Å². The molecule has 64 valence electrons. The van der Waals surface area contributed by atoms with E-state index < -0.39 is 0 Å². The van der Waals surface area contributed by atoms with E-state index in [0.29, 0.717) is 5.69 Å². The molecule has 4 nitrogen and oxygen atoms in total. The van der Waals surface area contributed by atoms with E-state index in [1.165, 1.54) is 0 Å². The van der Waals surface area contributed by atoms with Crippen LogP contribution in [0.15, 0.2) is 10.7 Å². The Morgan fingerprint density at radius 1 is 1.58 bits per heavy atom. The van der Waals surface area contributed by atoms with Crippen molar-refractivity contribution in [1.82, 2.24) is 14.7 Å². The Balaban J connectivity index is 2.48. The van der Waals surface area contributed by atoms with E-state index in [-0.39, 0.29) is 5.91 Å². The smallest absolute Gasteiger partial charge is 0.271 e. The van der Waals surface area contributed by atoms with E-state index in [4.69, 9.17) is 0 Å². The number of hydrogen-bond acceptors (Lipinski definition) is 2. The lowest BCUT2D eigenvalue weighted by Gasteiger charge is -2.22. The number of hydrogen-bond donors (Lipinski definition) is 0. The lowest BCUT2D eigenvalue weighted by molar-refractivity contribution is 0.0743. The fraction of sp³-hybridized carbons (Fsp3) is 0.429. The molecule has 0 atom stereocenters. The zero-order valence-electron chi connectivity index (χ0n) is 6.62. The van der Waals surface area contributed by atoms with Crippen LogP contribution in [0.5, 0.6) is 0 Å². The van der Waals surface area contributed by atoms with E-state index in [2.05, 4.69) is 21.0 Å². The number of amides is 1. The molecule has 0 spiro atoms. The Morgan fingerprint density at radius 3 is 3.08 bits per heavy atom. The van der Waals surface area contributed by atoms with E-state index in [1.807, 2.05) is 0 Å².